The minimum absolute atomic E-state index is 0.00871. The van der Waals surface area contributed by atoms with Crippen molar-refractivity contribution in [3.05, 3.63) is 53.2 Å². The summed E-state index contributed by atoms with van der Waals surface area (Å²) in [7, 11) is -8.56. The first-order valence-electron chi connectivity index (χ1n) is 10.6. The van der Waals surface area contributed by atoms with Gasteiger partial charge < -0.3 is 34.4 Å². The first-order chi connectivity index (χ1) is 17.2. The van der Waals surface area contributed by atoms with Crippen LogP contribution in [0.1, 0.15) is 24.8 Å². The fourth-order valence-corrected chi connectivity index (χ4v) is 6.22. The Morgan fingerprint density at radius 3 is 2.54 bits per heavy atom. The van der Waals surface area contributed by atoms with Crippen LogP contribution in [0.15, 0.2) is 36.5 Å². The van der Waals surface area contributed by atoms with Crippen LogP contribution in [0.25, 0.3) is 11.0 Å². The van der Waals surface area contributed by atoms with Crippen molar-refractivity contribution in [3.63, 3.8) is 0 Å². The third-order valence-electron chi connectivity index (χ3n) is 5.28. The zero-order valence-corrected chi connectivity index (χ0v) is 22.0. The van der Waals surface area contributed by atoms with Crippen molar-refractivity contribution in [2.24, 2.45) is 0 Å². The van der Waals surface area contributed by atoms with Crippen LogP contribution in [-0.4, -0.2) is 66.1 Å². The van der Waals surface area contributed by atoms with Crippen LogP contribution in [0.2, 0.25) is 5.28 Å². The molecule has 204 valence electrons. The fourth-order valence-electron chi connectivity index (χ4n) is 3.49. The summed E-state index contributed by atoms with van der Waals surface area (Å²) in [6.07, 6.45) is -4.43. The van der Waals surface area contributed by atoms with E-state index in [2.05, 4.69) is 19.8 Å². The number of rotatable bonds is 12. The molecule has 0 saturated heterocycles. The number of aromatic nitrogens is 3. The summed E-state index contributed by atoms with van der Waals surface area (Å²) < 4.78 is 62.4. The van der Waals surface area contributed by atoms with Crippen molar-refractivity contribution in [1.29, 1.82) is 0 Å². The van der Waals surface area contributed by atoms with Crippen LogP contribution in [0, 0.1) is 5.82 Å². The van der Waals surface area contributed by atoms with E-state index in [1.165, 1.54) is 24.4 Å². The molecule has 0 fully saturated rings. The summed E-state index contributed by atoms with van der Waals surface area (Å²) in [5.41, 5.74) is 0.606. The molecule has 1 unspecified atom stereocenters. The van der Waals surface area contributed by atoms with Gasteiger partial charge in [0.1, 0.15) is 29.5 Å². The SMILES string of the molecule is CO[C@H](COP(=O)(O)CP(=O)(O)O)[C@@H](O)[C@H](F)n1ccc2c(N[C@H](C)c3cccc(F)c3)nc(Cl)nc21. The van der Waals surface area contributed by atoms with E-state index in [1.54, 1.807) is 19.1 Å². The Hall–Kier alpha value is -1.99. The number of aliphatic hydroxyl groups is 1. The summed E-state index contributed by atoms with van der Waals surface area (Å²) in [5.74, 6) is -1.65. The van der Waals surface area contributed by atoms with Gasteiger partial charge >= 0.3 is 15.2 Å². The standard InChI is InChI=1S/C20H25ClF2N4O8P2/c1-11(12-4-3-5-13(22)8-12)24-18-14-6-7-27(19(14)26-20(21)25-18)17(23)16(28)15(34-2)9-35-37(32,33)10-36(29,30)31/h3-8,11,15-17,28H,9-10H2,1-2H3,(H,32,33)(H,24,25,26)(H2,29,30,31)/t11-,15-,16-,17-/m1/s1. The van der Waals surface area contributed by atoms with E-state index in [-0.39, 0.29) is 16.7 Å². The summed E-state index contributed by atoms with van der Waals surface area (Å²) in [6.45, 7) is 0.906. The smallest absolute Gasteiger partial charge is 0.340 e. The van der Waals surface area contributed by atoms with E-state index in [0.717, 1.165) is 11.7 Å². The average Bonchev–Trinajstić information content (AvgIpc) is 3.21. The highest BCUT2D eigenvalue weighted by Gasteiger charge is 2.36. The minimum atomic E-state index is -4.88. The first-order valence-corrected chi connectivity index (χ1v) is 14.6. The molecule has 12 nitrogen and oxygen atoms in total. The molecule has 0 saturated carbocycles. The van der Waals surface area contributed by atoms with E-state index in [1.807, 2.05) is 0 Å². The Morgan fingerprint density at radius 2 is 1.92 bits per heavy atom. The van der Waals surface area contributed by atoms with Crippen molar-refractivity contribution in [3.8, 4) is 0 Å². The first kappa shape index (κ1) is 29.6. The molecule has 3 rings (SSSR count). The topological polar surface area (TPSA) is 176 Å². The molecule has 2 aromatic heterocycles. The lowest BCUT2D eigenvalue weighted by molar-refractivity contribution is -0.0861. The summed E-state index contributed by atoms with van der Waals surface area (Å²) in [4.78, 5) is 35.5. The van der Waals surface area contributed by atoms with Gasteiger partial charge in [0, 0.05) is 13.3 Å². The minimum Gasteiger partial charge on any atom is -0.385 e. The van der Waals surface area contributed by atoms with Crippen molar-refractivity contribution >= 4 is 43.6 Å². The van der Waals surface area contributed by atoms with Gasteiger partial charge in [-0.1, -0.05) is 12.1 Å². The quantitative estimate of drug-likeness (QED) is 0.155. The van der Waals surface area contributed by atoms with Crippen LogP contribution >= 0.6 is 26.8 Å². The zero-order chi connectivity index (χ0) is 27.5. The van der Waals surface area contributed by atoms with Crippen molar-refractivity contribution in [2.75, 3.05) is 24.9 Å². The monoisotopic (exact) mass is 584 g/mol. The van der Waals surface area contributed by atoms with Gasteiger partial charge in [0.15, 0.2) is 5.90 Å². The number of methoxy groups -OCH3 is 1. The molecule has 5 atom stereocenters. The predicted octanol–water partition coefficient (Wildman–Crippen LogP) is 3.58. The molecule has 0 spiro atoms. The van der Waals surface area contributed by atoms with Crippen molar-refractivity contribution in [2.45, 2.75) is 31.5 Å². The number of hydrogen-bond donors (Lipinski definition) is 5. The van der Waals surface area contributed by atoms with Gasteiger partial charge in [-0.25, -0.2) is 13.8 Å². The Bertz CT molecular complexity index is 1340. The zero-order valence-electron chi connectivity index (χ0n) is 19.5. The molecular weight excluding hydrogens is 560 g/mol. The Kier molecular flexibility index (Phi) is 9.44. The molecule has 3 aromatic rings. The Morgan fingerprint density at radius 1 is 1.22 bits per heavy atom. The third-order valence-corrected chi connectivity index (χ3v) is 8.91. The number of nitrogens with one attached hydrogen (secondary N) is 1. The molecular formula is C20H25ClF2N4O8P2. The van der Waals surface area contributed by atoms with Gasteiger partial charge in [0.2, 0.25) is 11.6 Å². The molecule has 2 heterocycles. The van der Waals surface area contributed by atoms with Crippen molar-refractivity contribution < 1.29 is 47.0 Å². The van der Waals surface area contributed by atoms with Gasteiger partial charge in [-0.05, 0) is 42.3 Å². The van der Waals surface area contributed by atoms with E-state index in [4.69, 9.17) is 26.1 Å². The number of nitrogens with zero attached hydrogens (tertiary/aromatic N) is 3. The average molecular weight is 585 g/mol. The van der Waals surface area contributed by atoms with Gasteiger partial charge in [0.25, 0.3) is 0 Å². The number of hydrogen-bond acceptors (Lipinski definition) is 8. The maximum absolute atomic E-state index is 15.4. The number of benzene rings is 1. The number of halogens is 3. The lowest BCUT2D eigenvalue weighted by Crippen LogP contribution is -2.37. The summed E-state index contributed by atoms with van der Waals surface area (Å²) in [6, 6.07) is 6.95. The summed E-state index contributed by atoms with van der Waals surface area (Å²) in [5, 5.41) is 13.7. The molecule has 17 heteroatoms. The molecule has 0 aliphatic rings. The molecule has 37 heavy (non-hydrogen) atoms. The van der Waals surface area contributed by atoms with Gasteiger partial charge in [-0.2, -0.15) is 4.98 Å². The van der Waals surface area contributed by atoms with Crippen LogP contribution < -0.4 is 5.32 Å². The van der Waals surface area contributed by atoms with E-state index in [9.17, 15) is 23.5 Å². The lowest BCUT2D eigenvalue weighted by atomic mass is 10.1. The van der Waals surface area contributed by atoms with Gasteiger partial charge in [-0.3, -0.25) is 13.7 Å². The fraction of sp³-hybridized carbons (Fsp3) is 0.400. The second kappa shape index (κ2) is 11.8. The molecule has 0 aliphatic carbocycles. The van der Waals surface area contributed by atoms with E-state index < -0.39 is 58.1 Å². The molecule has 5 N–H and O–H groups in total. The van der Waals surface area contributed by atoms with Crippen LogP contribution in [0.5, 0.6) is 0 Å². The van der Waals surface area contributed by atoms with Gasteiger partial charge in [0.05, 0.1) is 18.0 Å². The number of alkyl halides is 1. The summed E-state index contributed by atoms with van der Waals surface area (Å²) >= 11 is 6.05. The number of fused-ring (bicyclic) bond motifs is 1. The highest BCUT2D eigenvalue weighted by molar-refractivity contribution is 7.70. The van der Waals surface area contributed by atoms with Gasteiger partial charge in [-0.15, -0.1) is 0 Å². The van der Waals surface area contributed by atoms with Crippen LogP contribution in [0.4, 0.5) is 14.6 Å². The normalized spacial score (nSPS) is 17.2. The molecule has 0 amide bonds. The lowest BCUT2D eigenvalue weighted by Gasteiger charge is -2.26. The maximum atomic E-state index is 15.4. The third kappa shape index (κ3) is 7.76. The highest BCUT2D eigenvalue weighted by Crippen LogP contribution is 2.55. The van der Waals surface area contributed by atoms with E-state index in [0.29, 0.717) is 10.9 Å². The second-order valence-corrected chi connectivity index (χ2v) is 12.4. The highest BCUT2D eigenvalue weighted by atomic mass is 35.5. The molecule has 1 aromatic carbocycles. The largest absolute Gasteiger partial charge is 0.385 e. The molecule has 0 radical (unpaired) electrons. The molecule has 0 aliphatic heterocycles. The van der Waals surface area contributed by atoms with Crippen LogP contribution in [-0.2, 0) is 18.4 Å². The van der Waals surface area contributed by atoms with Crippen LogP contribution in [0.3, 0.4) is 0 Å². The second-order valence-electron chi connectivity index (χ2n) is 8.10. The Labute approximate surface area is 214 Å². The number of ether oxygens (including phenoxy) is 1. The maximum Gasteiger partial charge on any atom is 0.340 e. The molecule has 0 bridgehead atoms. The Balaban J connectivity index is 1.82. The van der Waals surface area contributed by atoms with Crippen molar-refractivity contribution in [1.82, 2.24) is 14.5 Å². The van der Waals surface area contributed by atoms with E-state index >= 15 is 4.39 Å². The number of anilines is 1. The number of aliphatic hydroxyl groups excluding tert-OH is 1. The predicted molar refractivity (Wildman–Crippen MR) is 131 cm³/mol.